The van der Waals surface area contributed by atoms with Gasteiger partial charge in [0.1, 0.15) is 13.2 Å². The first-order chi connectivity index (χ1) is 39.0. The predicted octanol–water partition coefficient (Wildman–Crippen LogP) is 24.1. The molecule has 0 heterocycles. The normalized spacial score (nSPS) is 12.3. The first-order valence-corrected chi connectivity index (χ1v) is 35.1. The third-order valence-electron chi connectivity index (χ3n) is 15.8. The lowest BCUT2D eigenvalue weighted by molar-refractivity contribution is -0.167. The highest BCUT2D eigenvalue weighted by atomic mass is 16.6. The second-order valence-electron chi connectivity index (χ2n) is 23.8. The van der Waals surface area contributed by atoms with Crippen molar-refractivity contribution in [2.24, 2.45) is 0 Å². The minimum Gasteiger partial charge on any atom is -0.462 e. The summed E-state index contributed by atoms with van der Waals surface area (Å²) in [4.78, 5) is 38.4. The van der Waals surface area contributed by atoms with Crippen molar-refractivity contribution in [1.29, 1.82) is 0 Å². The Bertz CT molecular complexity index is 1360. The number of rotatable bonds is 65. The summed E-state index contributed by atoms with van der Waals surface area (Å²) in [5, 5.41) is 0. The minimum absolute atomic E-state index is 0.0726. The van der Waals surface area contributed by atoms with Crippen molar-refractivity contribution in [3.63, 3.8) is 0 Å². The first-order valence-electron chi connectivity index (χ1n) is 35.1. The molecule has 6 nitrogen and oxygen atoms in total. The molecule has 0 bridgehead atoms. The molecule has 0 aromatic carbocycles. The molecular formula is C73H134O6. The molecule has 0 spiro atoms. The van der Waals surface area contributed by atoms with Gasteiger partial charge in [0.2, 0.25) is 0 Å². The van der Waals surface area contributed by atoms with Crippen LogP contribution in [0, 0.1) is 0 Å². The fraction of sp³-hybridized carbons (Fsp3) is 0.849. The molecule has 6 heteroatoms. The molecule has 1 atom stereocenters. The molecule has 0 rings (SSSR count). The molecule has 0 aliphatic rings. The maximum atomic E-state index is 12.9. The van der Waals surface area contributed by atoms with Crippen molar-refractivity contribution in [3.05, 3.63) is 48.6 Å². The lowest BCUT2D eigenvalue weighted by Gasteiger charge is -2.18. The van der Waals surface area contributed by atoms with E-state index in [1.165, 1.54) is 250 Å². The summed E-state index contributed by atoms with van der Waals surface area (Å²) in [6.45, 7) is 6.62. The zero-order chi connectivity index (χ0) is 57.1. The van der Waals surface area contributed by atoms with Gasteiger partial charge in [0.25, 0.3) is 0 Å². The van der Waals surface area contributed by atoms with E-state index in [-0.39, 0.29) is 31.1 Å². The average molecular weight is 1110 g/mol. The van der Waals surface area contributed by atoms with E-state index in [1.54, 1.807) is 0 Å². The van der Waals surface area contributed by atoms with Crippen LogP contribution in [0.2, 0.25) is 0 Å². The number of carbonyl (C=O) groups is 3. The van der Waals surface area contributed by atoms with Crippen LogP contribution in [-0.2, 0) is 28.6 Å². The number of ether oxygens (including phenoxy) is 3. The summed E-state index contributed by atoms with van der Waals surface area (Å²) in [6.07, 6.45) is 85.7. The molecule has 462 valence electrons. The molecule has 0 fully saturated rings. The molecule has 79 heavy (non-hydrogen) atoms. The van der Waals surface area contributed by atoms with Crippen LogP contribution < -0.4 is 0 Å². The predicted molar refractivity (Wildman–Crippen MR) is 344 cm³/mol. The third kappa shape index (κ3) is 66.1. The monoisotopic (exact) mass is 1110 g/mol. The first kappa shape index (κ1) is 76.4. The summed E-state index contributed by atoms with van der Waals surface area (Å²) >= 11 is 0. The van der Waals surface area contributed by atoms with Crippen LogP contribution in [0.4, 0.5) is 0 Å². The van der Waals surface area contributed by atoms with Crippen LogP contribution in [0.3, 0.4) is 0 Å². The van der Waals surface area contributed by atoms with Gasteiger partial charge in [-0.15, -0.1) is 0 Å². The molecule has 0 aromatic rings. The fourth-order valence-electron chi connectivity index (χ4n) is 10.5. The number of carbonyl (C=O) groups excluding carboxylic acids is 3. The Labute approximate surface area is 492 Å². The van der Waals surface area contributed by atoms with Gasteiger partial charge in [-0.05, 0) is 77.0 Å². The summed E-state index contributed by atoms with van der Waals surface area (Å²) in [5.74, 6) is -0.861. The van der Waals surface area contributed by atoms with E-state index in [2.05, 4.69) is 69.4 Å². The molecule has 0 aromatic heterocycles. The molecule has 0 saturated heterocycles. The van der Waals surface area contributed by atoms with Crippen LogP contribution in [0.5, 0.6) is 0 Å². The highest BCUT2D eigenvalue weighted by Gasteiger charge is 2.19. The van der Waals surface area contributed by atoms with E-state index < -0.39 is 6.10 Å². The maximum Gasteiger partial charge on any atom is 0.306 e. The van der Waals surface area contributed by atoms with Gasteiger partial charge in [0, 0.05) is 19.3 Å². The summed E-state index contributed by atoms with van der Waals surface area (Å²) < 4.78 is 17.0. The molecule has 0 N–H and O–H groups in total. The molecule has 0 saturated carbocycles. The third-order valence-corrected chi connectivity index (χ3v) is 15.8. The van der Waals surface area contributed by atoms with Gasteiger partial charge >= 0.3 is 17.9 Å². The quantitative estimate of drug-likeness (QED) is 0.0261. The van der Waals surface area contributed by atoms with E-state index in [4.69, 9.17) is 14.2 Å². The lowest BCUT2D eigenvalue weighted by atomic mass is 10.0. The highest BCUT2D eigenvalue weighted by molar-refractivity contribution is 5.71. The van der Waals surface area contributed by atoms with Gasteiger partial charge in [0.15, 0.2) is 6.10 Å². The number of hydrogen-bond acceptors (Lipinski definition) is 6. The van der Waals surface area contributed by atoms with Crippen LogP contribution in [-0.4, -0.2) is 37.2 Å². The zero-order valence-corrected chi connectivity index (χ0v) is 53.2. The van der Waals surface area contributed by atoms with Crippen molar-refractivity contribution in [3.8, 4) is 0 Å². The second-order valence-corrected chi connectivity index (χ2v) is 23.8. The summed E-state index contributed by atoms with van der Waals surface area (Å²) in [5.41, 5.74) is 0. The Morgan fingerprint density at radius 3 is 0.747 bits per heavy atom. The van der Waals surface area contributed by atoms with Gasteiger partial charge in [-0.3, -0.25) is 14.4 Å². The SMILES string of the molecule is CCC/C=C\C/C=C\CCCCCCCC(=O)OCC(COC(=O)CCCCCCCCCCCCCCCCCCC/C=C\C/C=C\CCCCCCC)OC(=O)CCCCCCCCCCCCCCCCCCCCC. The zero-order valence-electron chi connectivity index (χ0n) is 53.2. The molecular weight excluding hydrogens is 973 g/mol. The van der Waals surface area contributed by atoms with E-state index in [1.807, 2.05) is 0 Å². The Morgan fingerprint density at radius 1 is 0.253 bits per heavy atom. The standard InChI is InChI=1S/C73H134O6/c1-4-7-10-13-16-19-22-25-27-29-31-32-33-34-35-36-37-38-39-40-42-43-45-48-51-54-57-60-63-66-72(75)78-69-70(68-77-71(74)65-62-59-56-53-50-47-24-21-18-15-12-9-6-3)79-73(76)67-64-61-58-55-52-49-46-44-41-30-28-26-23-20-17-14-11-8-5-2/h12,15,21-22,24-25,29,31,70H,4-11,13-14,16-20,23,26-28,30,32-69H2,1-3H3/b15-12-,24-21-,25-22-,31-29-. The Kier molecular flexibility index (Phi) is 65.6. The summed E-state index contributed by atoms with van der Waals surface area (Å²) in [7, 11) is 0. The number of allylic oxidation sites excluding steroid dienone is 8. The van der Waals surface area contributed by atoms with Crippen LogP contribution >= 0.6 is 0 Å². The van der Waals surface area contributed by atoms with E-state index in [9.17, 15) is 14.4 Å². The topological polar surface area (TPSA) is 78.9 Å². The second kappa shape index (κ2) is 67.9. The van der Waals surface area contributed by atoms with E-state index in [0.717, 1.165) is 89.9 Å². The highest BCUT2D eigenvalue weighted by Crippen LogP contribution is 2.18. The molecule has 0 radical (unpaired) electrons. The molecule has 0 amide bonds. The lowest BCUT2D eigenvalue weighted by Crippen LogP contribution is -2.30. The van der Waals surface area contributed by atoms with Crippen molar-refractivity contribution in [2.45, 2.75) is 386 Å². The van der Waals surface area contributed by atoms with Gasteiger partial charge in [-0.25, -0.2) is 0 Å². The number of esters is 3. The van der Waals surface area contributed by atoms with Crippen molar-refractivity contribution in [2.75, 3.05) is 13.2 Å². The average Bonchev–Trinajstić information content (AvgIpc) is 3.45. The number of unbranched alkanes of at least 4 members (excludes halogenated alkanes) is 46. The fourth-order valence-corrected chi connectivity index (χ4v) is 10.5. The van der Waals surface area contributed by atoms with Gasteiger partial charge < -0.3 is 14.2 Å². The van der Waals surface area contributed by atoms with Crippen LogP contribution in [0.1, 0.15) is 380 Å². The van der Waals surface area contributed by atoms with Gasteiger partial charge in [-0.2, -0.15) is 0 Å². The summed E-state index contributed by atoms with van der Waals surface area (Å²) in [6, 6.07) is 0. The number of hydrogen-bond donors (Lipinski definition) is 0. The maximum absolute atomic E-state index is 12.9. The largest absolute Gasteiger partial charge is 0.462 e. The molecule has 0 aliphatic carbocycles. The van der Waals surface area contributed by atoms with Gasteiger partial charge in [0.05, 0.1) is 0 Å². The van der Waals surface area contributed by atoms with E-state index >= 15 is 0 Å². The van der Waals surface area contributed by atoms with Gasteiger partial charge in [-0.1, -0.05) is 333 Å². The Balaban J connectivity index is 4.19. The van der Waals surface area contributed by atoms with Crippen molar-refractivity contribution < 1.29 is 28.6 Å². The molecule has 1 unspecified atom stereocenters. The van der Waals surface area contributed by atoms with Crippen LogP contribution in [0.15, 0.2) is 48.6 Å². The van der Waals surface area contributed by atoms with Crippen molar-refractivity contribution >= 4 is 17.9 Å². The van der Waals surface area contributed by atoms with Crippen molar-refractivity contribution in [1.82, 2.24) is 0 Å². The smallest absolute Gasteiger partial charge is 0.306 e. The minimum atomic E-state index is -0.777. The van der Waals surface area contributed by atoms with E-state index in [0.29, 0.717) is 19.3 Å². The molecule has 0 aliphatic heterocycles. The van der Waals surface area contributed by atoms with Crippen LogP contribution in [0.25, 0.3) is 0 Å². The Hall–Kier alpha value is -2.63. The Morgan fingerprint density at radius 2 is 0.481 bits per heavy atom.